The van der Waals surface area contributed by atoms with Gasteiger partial charge in [-0.3, -0.25) is 0 Å². The number of benzene rings is 1. The number of aromatic nitrogens is 2. The first kappa shape index (κ1) is 13.5. The van der Waals surface area contributed by atoms with Crippen LogP contribution in [0.2, 0.25) is 0 Å². The first-order valence-corrected chi connectivity index (χ1v) is 6.72. The third-order valence-electron chi connectivity index (χ3n) is 2.81. The maximum atomic E-state index is 5.62. The van der Waals surface area contributed by atoms with Crippen molar-refractivity contribution in [1.82, 2.24) is 9.97 Å². The van der Waals surface area contributed by atoms with Crippen LogP contribution in [-0.2, 0) is 6.42 Å². The van der Waals surface area contributed by atoms with Gasteiger partial charge in [0.25, 0.3) is 0 Å². The van der Waals surface area contributed by atoms with E-state index >= 15 is 0 Å². The highest BCUT2D eigenvalue weighted by Crippen LogP contribution is 2.31. The number of aryl methyl sites for hydroxylation is 1. The predicted octanol–water partition coefficient (Wildman–Crippen LogP) is 3.44. The Morgan fingerprint density at radius 3 is 2.42 bits per heavy atom. The summed E-state index contributed by atoms with van der Waals surface area (Å²) in [5.74, 6) is 2.40. The van der Waals surface area contributed by atoms with Crippen LogP contribution in [0.15, 0.2) is 24.4 Å². The molecule has 0 amide bonds. The molecule has 0 spiro atoms. The van der Waals surface area contributed by atoms with Crippen molar-refractivity contribution in [3.63, 3.8) is 0 Å². The Balaban J connectivity index is 2.33. The van der Waals surface area contributed by atoms with Gasteiger partial charge in [-0.05, 0) is 38.5 Å². The number of hydrogen-bond donors (Lipinski definition) is 1. The van der Waals surface area contributed by atoms with Crippen molar-refractivity contribution in [3.8, 4) is 22.9 Å². The number of imidazole rings is 1. The fraction of sp³-hybridized carbons (Fsp3) is 0.400. The van der Waals surface area contributed by atoms with E-state index in [0.717, 1.165) is 35.0 Å². The highest BCUT2D eigenvalue weighted by Gasteiger charge is 2.09. The molecule has 4 heteroatoms. The van der Waals surface area contributed by atoms with Crippen LogP contribution >= 0.6 is 0 Å². The fourth-order valence-corrected chi connectivity index (χ4v) is 1.89. The molecule has 0 aliphatic rings. The first-order chi connectivity index (χ1) is 9.28. The molecule has 19 heavy (non-hydrogen) atoms. The number of nitrogens with one attached hydrogen (secondary N) is 1. The molecule has 4 nitrogen and oxygen atoms in total. The van der Waals surface area contributed by atoms with Crippen LogP contribution in [0.3, 0.4) is 0 Å². The highest BCUT2D eigenvalue weighted by atomic mass is 16.5. The summed E-state index contributed by atoms with van der Waals surface area (Å²) in [5.41, 5.74) is 2.06. The summed E-state index contributed by atoms with van der Waals surface area (Å²) < 4.78 is 11.2. The van der Waals surface area contributed by atoms with E-state index in [0.29, 0.717) is 13.2 Å². The van der Waals surface area contributed by atoms with Crippen LogP contribution in [0.4, 0.5) is 0 Å². The third kappa shape index (κ3) is 3.08. The summed E-state index contributed by atoms with van der Waals surface area (Å²) in [6.45, 7) is 7.25. The fourth-order valence-electron chi connectivity index (χ4n) is 1.89. The maximum absolute atomic E-state index is 5.62. The second-order valence-corrected chi connectivity index (χ2v) is 4.12. The van der Waals surface area contributed by atoms with Gasteiger partial charge in [-0.25, -0.2) is 4.98 Å². The minimum absolute atomic E-state index is 0.613. The van der Waals surface area contributed by atoms with Crippen LogP contribution in [0.1, 0.15) is 26.5 Å². The van der Waals surface area contributed by atoms with Crippen LogP contribution in [-0.4, -0.2) is 23.2 Å². The average Bonchev–Trinajstić information content (AvgIpc) is 2.90. The van der Waals surface area contributed by atoms with Crippen LogP contribution in [0.5, 0.6) is 11.5 Å². The van der Waals surface area contributed by atoms with Crippen molar-refractivity contribution in [3.05, 3.63) is 30.1 Å². The van der Waals surface area contributed by atoms with Crippen molar-refractivity contribution in [2.75, 3.05) is 13.2 Å². The second kappa shape index (κ2) is 6.27. The number of rotatable bonds is 6. The van der Waals surface area contributed by atoms with Crippen molar-refractivity contribution in [2.45, 2.75) is 27.2 Å². The van der Waals surface area contributed by atoms with Crippen LogP contribution in [0, 0.1) is 0 Å². The lowest BCUT2D eigenvalue weighted by atomic mass is 10.2. The molecule has 1 aromatic heterocycles. The molecule has 102 valence electrons. The molecule has 1 heterocycles. The molecule has 2 rings (SSSR count). The maximum Gasteiger partial charge on any atom is 0.161 e. The Bertz CT molecular complexity index is 535. The van der Waals surface area contributed by atoms with Crippen molar-refractivity contribution >= 4 is 0 Å². The molecular weight excluding hydrogens is 240 g/mol. The number of hydrogen-bond acceptors (Lipinski definition) is 3. The van der Waals surface area contributed by atoms with Crippen molar-refractivity contribution < 1.29 is 9.47 Å². The van der Waals surface area contributed by atoms with E-state index in [2.05, 4.69) is 16.9 Å². The molecule has 0 aliphatic carbocycles. The lowest BCUT2D eigenvalue weighted by molar-refractivity contribution is 0.288. The highest BCUT2D eigenvalue weighted by molar-refractivity contribution is 5.61. The molecule has 0 aliphatic heterocycles. The second-order valence-electron chi connectivity index (χ2n) is 4.12. The smallest absolute Gasteiger partial charge is 0.161 e. The molecule has 0 saturated carbocycles. The quantitative estimate of drug-likeness (QED) is 0.865. The zero-order valence-electron chi connectivity index (χ0n) is 11.7. The standard InChI is InChI=1S/C15H20N2O2/c1-4-12-10-16-15(17-12)11-7-8-13(18-5-2)14(9-11)19-6-3/h7-10H,4-6H2,1-3H3,(H,16,17). The molecule has 1 N–H and O–H groups in total. The van der Waals surface area contributed by atoms with Gasteiger partial charge in [0.05, 0.1) is 18.9 Å². The van der Waals surface area contributed by atoms with Crippen LogP contribution < -0.4 is 9.47 Å². The molecule has 0 atom stereocenters. The zero-order chi connectivity index (χ0) is 13.7. The van der Waals surface area contributed by atoms with E-state index in [4.69, 9.17) is 9.47 Å². The van der Waals surface area contributed by atoms with Gasteiger partial charge in [-0.15, -0.1) is 0 Å². The van der Waals surface area contributed by atoms with Crippen LogP contribution in [0.25, 0.3) is 11.4 Å². The lowest BCUT2D eigenvalue weighted by Gasteiger charge is -2.11. The summed E-state index contributed by atoms with van der Waals surface area (Å²) in [4.78, 5) is 7.71. The summed E-state index contributed by atoms with van der Waals surface area (Å²) in [5, 5.41) is 0. The number of H-pyrrole nitrogens is 1. The van der Waals surface area contributed by atoms with E-state index in [1.165, 1.54) is 0 Å². The molecular formula is C15H20N2O2. The van der Waals surface area contributed by atoms with Gasteiger partial charge < -0.3 is 14.5 Å². The summed E-state index contributed by atoms with van der Waals surface area (Å²) in [6.07, 6.45) is 2.86. The third-order valence-corrected chi connectivity index (χ3v) is 2.81. The van der Waals surface area contributed by atoms with E-state index in [9.17, 15) is 0 Å². The van der Waals surface area contributed by atoms with E-state index in [1.807, 2.05) is 38.2 Å². The number of ether oxygens (including phenoxy) is 2. The van der Waals surface area contributed by atoms with Gasteiger partial charge >= 0.3 is 0 Å². The van der Waals surface area contributed by atoms with Crippen molar-refractivity contribution in [2.24, 2.45) is 0 Å². The Morgan fingerprint density at radius 2 is 1.79 bits per heavy atom. The molecule has 0 radical (unpaired) electrons. The minimum atomic E-state index is 0.613. The van der Waals surface area contributed by atoms with E-state index < -0.39 is 0 Å². The SMILES string of the molecule is CCOc1ccc(-c2nc(CC)c[nH]2)cc1OCC. The van der Waals surface area contributed by atoms with Gasteiger partial charge in [0.2, 0.25) is 0 Å². The minimum Gasteiger partial charge on any atom is -0.490 e. The molecule has 2 aromatic rings. The number of nitrogens with zero attached hydrogens (tertiary/aromatic N) is 1. The Morgan fingerprint density at radius 1 is 1.05 bits per heavy atom. The van der Waals surface area contributed by atoms with Crippen molar-refractivity contribution in [1.29, 1.82) is 0 Å². The Hall–Kier alpha value is -1.97. The van der Waals surface area contributed by atoms with Gasteiger partial charge in [0, 0.05) is 11.8 Å². The summed E-state index contributed by atoms with van der Waals surface area (Å²) in [7, 11) is 0. The Labute approximate surface area is 113 Å². The molecule has 1 aromatic carbocycles. The molecule has 0 unspecified atom stereocenters. The average molecular weight is 260 g/mol. The largest absolute Gasteiger partial charge is 0.490 e. The molecule has 0 bridgehead atoms. The monoisotopic (exact) mass is 260 g/mol. The van der Waals surface area contributed by atoms with Gasteiger partial charge in [0.15, 0.2) is 11.5 Å². The lowest BCUT2D eigenvalue weighted by Crippen LogP contribution is -1.98. The Kier molecular flexibility index (Phi) is 4.44. The van der Waals surface area contributed by atoms with E-state index in [-0.39, 0.29) is 0 Å². The normalized spacial score (nSPS) is 10.5. The summed E-state index contributed by atoms with van der Waals surface area (Å²) in [6, 6.07) is 5.89. The van der Waals surface area contributed by atoms with Gasteiger partial charge in [-0.1, -0.05) is 6.92 Å². The van der Waals surface area contributed by atoms with Gasteiger partial charge in [-0.2, -0.15) is 0 Å². The molecule has 0 fully saturated rings. The van der Waals surface area contributed by atoms with Gasteiger partial charge in [0.1, 0.15) is 5.82 Å². The predicted molar refractivity (Wildman–Crippen MR) is 75.7 cm³/mol. The summed E-state index contributed by atoms with van der Waals surface area (Å²) >= 11 is 0. The number of aromatic amines is 1. The first-order valence-electron chi connectivity index (χ1n) is 6.72. The zero-order valence-corrected chi connectivity index (χ0v) is 11.7. The van der Waals surface area contributed by atoms with E-state index in [1.54, 1.807) is 0 Å². The topological polar surface area (TPSA) is 47.1 Å². The molecule has 0 saturated heterocycles.